The number of pyridine rings is 2. The van der Waals surface area contributed by atoms with E-state index in [4.69, 9.17) is 14.2 Å². The van der Waals surface area contributed by atoms with Gasteiger partial charge in [-0.15, -0.1) is 0 Å². The molecule has 0 atom stereocenters. The smallest absolute Gasteiger partial charge is 0.270 e. The number of aryl methyl sites for hydroxylation is 1. The summed E-state index contributed by atoms with van der Waals surface area (Å²) in [5.74, 6) is 0.437. The number of nitriles is 1. The van der Waals surface area contributed by atoms with E-state index in [-0.39, 0.29) is 16.7 Å². The van der Waals surface area contributed by atoms with E-state index in [0.29, 0.717) is 43.4 Å². The summed E-state index contributed by atoms with van der Waals surface area (Å²) in [6.45, 7) is 4.30. The maximum absolute atomic E-state index is 12.8. The molecule has 0 saturated carbocycles. The molecular formula is C20H26N4O4. The Hall–Kier alpha value is -2.63. The third-order valence-electron chi connectivity index (χ3n) is 5.51. The van der Waals surface area contributed by atoms with Crippen molar-refractivity contribution in [3.63, 3.8) is 0 Å². The third-order valence-corrected chi connectivity index (χ3v) is 5.51. The molecule has 1 saturated heterocycles. The Kier molecular flexibility index (Phi) is 5.87. The summed E-state index contributed by atoms with van der Waals surface area (Å²) in [6, 6.07) is 3.91. The highest BCUT2D eigenvalue weighted by atomic mass is 16.5. The van der Waals surface area contributed by atoms with Crippen molar-refractivity contribution in [3.05, 3.63) is 28.2 Å². The molecule has 2 aromatic heterocycles. The molecule has 0 N–H and O–H groups in total. The van der Waals surface area contributed by atoms with Crippen LogP contribution in [0.25, 0.3) is 10.9 Å². The maximum atomic E-state index is 12.8. The molecule has 2 aromatic rings. The van der Waals surface area contributed by atoms with Crippen LogP contribution >= 0.6 is 0 Å². The van der Waals surface area contributed by atoms with Gasteiger partial charge < -0.3 is 23.7 Å². The number of hydrogen-bond donors (Lipinski definition) is 0. The van der Waals surface area contributed by atoms with Gasteiger partial charge in [-0.05, 0) is 19.8 Å². The molecule has 0 aliphatic carbocycles. The zero-order valence-corrected chi connectivity index (χ0v) is 16.8. The topological polar surface area (TPSA) is 89.6 Å². The molecule has 0 aromatic carbocycles. The molecule has 3 heterocycles. The summed E-state index contributed by atoms with van der Waals surface area (Å²) in [5.41, 5.74) is 0.954. The van der Waals surface area contributed by atoms with Crippen LogP contribution in [0, 0.1) is 11.3 Å². The first-order valence-corrected chi connectivity index (χ1v) is 9.29. The summed E-state index contributed by atoms with van der Waals surface area (Å²) in [4.78, 5) is 19.2. The Balaban J connectivity index is 2.10. The molecular weight excluding hydrogens is 360 g/mol. The zero-order valence-electron chi connectivity index (χ0n) is 16.8. The van der Waals surface area contributed by atoms with Gasteiger partial charge in [0.2, 0.25) is 5.88 Å². The lowest BCUT2D eigenvalue weighted by atomic mass is 9.92. The van der Waals surface area contributed by atoms with E-state index >= 15 is 0 Å². The van der Waals surface area contributed by atoms with Gasteiger partial charge in [-0.3, -0.25) is 4.79 Å². The molecule has 0 amide bonds. The van der Waals surface area contributed by atoms with E-state index in [9.17, 15) is 10.1 Å². The summed E-state index contributed by atoms with van der Waals surface area (Å²) in [5, 5.41) is 10.5. The molecule has 1 fully saturated rings. The summed E-state index contributed by atoms with van der Waals surface area (Å²) >= 11 is 0. The zero-order chi connectivity index (χ0) is 20.3. The number of hydrogen-bond acceptors (Lipinski definition) is 7. The molecule has 1 aliphatic rings. The average molecular weight is 386 g/mol. The number of piperidine rings is 1. The van der Waals surface area contributed by atoms with Crippen molar-refractivity contribution in [1.82, 2.24) is 9.55 Å². The van der Waals surface area contributed by atoms with Crippen LogP contribution in [-0.4, -0.2) is 55.7 Å². The Morgan fingerprint density at radius 1 is 1.29 bits per heavy atom. The minimum absolute atomic E-state index is 0.144. The standard InChI is InChI=1S/C20H26N4O4/c1-20(27-4)5-7-24(8-6-20)18-14-11-17(28-10-9-26-3)22-13-16(14)23(2)19(25)15(18)12-21/h11,13H,5-10H2,1-4H3. The number of anilines is 1. The predicted molar refractivity (Wildman–Crippen MR) is 106 cm³/mol. The molecule has 0 radical (unpaired) electrons. The SMILES string of the molecule is COCCOc1cc2c(N3CCC(C)(OC)CC3)c(C#N)c(=O)n(C)c2cn1. The summed E-state index contributed by atoms with van der Waals surface area (Å²) < 4.78 is 17.7. The number of methoxy groups -OCH3 is 2. The van der Waals surface area contributed by atoms with Gasteiger partial charge in [-0.25, -0.2) is 4.98 Å². The van der Waals surface area contributed by atoms with Crippen LogP contribution in [-0.2, 0) is 16.5 Å². The highest BCUT2D eigenvalue weighted by Gasteiger charge is 2.32. The largest absolute Gasteiger partial charge is 0.475 e. The second kappa shape index (κ2) is 8.17. The van der Waals surface area contributed by atoms with Gasteiger partial charge in [0.15, 0.2) is 0 Å². The van der Waals surface area contributed by atoms with Crippen molar-refractivity contribution < 1.29 is 14.2 Å². The number of rotatable bonds is 6. The number of ether oxygens (including phenoxy) is 3. The van der Waals surface area contributed by atoms with Crippen LogP contribution in [0.3, 0.4) is 0 Å². The monoisotopic (exact) mass is 386 g/mol. The van der Waals surface area contributed by atoms with Crippen LogP contribution in [0.4, 0.5) is 5.69 Å². The van der Waals surface area contributed by atoms with Gasteiger partial charge in [0.25, 0.3) is 5.56 Å². The van der Waals surface area contributed by atoms with Gasteiger partial charge in [-0.1, -0.05) is 0 Å². The molecule has 0 spiro atoms. The highest BCUT2D eigenvalue weighted by molar-refractivity contribution is 5.95. The van der Waals surface area contributed by atoms with Crippen LogP contribution in [0.1, 0.15) is 25.3 Å². The van der Waals surface area contributed by atoms with E-state index in [1.165, 1.54) is 4.57 Å². The highest BCUT2D eigenvalue weighted by Crippen LogP contribution is 2.34. The minimum Gasteiger partial charge on any atom is -0.475 e. The average Bonchev–Trinajstić information content (AvgIpc) is 2.71. The third kappa shape index (κ3) is 3.68. The van der Waals surface area contributed by atoms with E-state index in [1.807, 2.05) is 0 Å². The predicted octanol–water partition coefficient (Wildman–Crippen LogP) is 1.84. The lowest BCUT2D eigenvalue weighted by molar-refractivity contribution is -0.0132. The second-order valence-corrected chi connectivity index (χ2v) is 7.22. The van der Waals surface area contributed by atoms with Crippen molar-refractivity contribution in [2.45, 2.75) is 25.4 Å². The lowest BCUT2D eigenvalue weighted by Crippen LogP contribution is -2.44. The molecule has 28 heavy (non-hydrogen) atoms. The fourth-order valence-corrected chi connectivity index (χ4v) is 3.54. The second-order valence-electron chi connectivity index (χ2n) is 7.22. The quantitative estimate of drug-likeness (QED) is 0.700. The number of nitrogens with zero attached hydrogens (tertiary/aromatic N) is 4. The number of fused-ring (bicyclic) bond motifs is 1. The van der Waals surface area contributed by atoms with Gasteiger partial charge in [-0.2, -0.15) is 5.26 Å². The lowest BCUT2D eigenvalue weighted by Gasteiger charge is -2.40. The van der Waals surface area contributed by atoms with Gasteiger partial charge >= 0.3 is 0 Å². The van der Waals surface area contributed by atoms with Gasteiger partial charge in [0, 0.05) is 45.8 Å². The van der Waals surface area contributed by atoms with Crippen molar-refractivity contribution in [1.29, 1.82) is 5.26 Å². The fraction of sp³-hybridized carbons (Fsp3) is 0.550. The minimum atomic E-state index is -0.320. The van der Waals surface area contributed by atoms with Gasteiger partial charge in [0.1, 0.15) is 18.2 Å². The Bertz CT molecular complexity index is 955. The Labute approximate surface area is 164 Å². The van der Waals surface area contributed by atoms with Crippen LogP contribution < -0.4 is 15.2 Å². The van der Waals surface area contributed by atoms with Gasteiger partial charge in [0.05, 0.1) is 29.6 Å². The van der Waals surface area contributed by atoms with Crippen molar-refractivity contribution in [2.75, 3.05) is 45.4 Å². The first kappa shape index (κ1) is 20.1. The van der Waals surface area contributed by atoms with Crippen LogP contribution in [0.15, 0.2) is 17.1 Å². The normalized spacial score (nSPS) is 16.2. The molecule has 8 heteroatoms. The Morgan fingerprint density at radius 2 is 2.00 bits per heavy atom. The molecule has 8 nitrogen and oxygen atoms in total. The fourth-order valence-electron chi connectivity index (χ4n) is 3.54. The maximum Gasteiger partial charge on any atom is 0.270 e. The molecule has 1 aliphatic heterocycles. The first-order valence-electron chi connectivity index (χ1n) is 9.29. The van der Waals surface area contributed by atoms with E-state index < -0.39 is 0 Å². The van der Waals surface area contributed by atoms with Crippen LogP contribution in [0.2, 0.25) is 0 Å². The molecule has 150 valence electrons. The van der Waals surface area contributed by atoms with Crippen molar-refractivity contribution in [3.8, 4) is 11.9 Å². The van der Waals surface area contributed by atoms with Crippen molar-refractivity contribution >= 4 is 16.6 Å². The summed E-state index contributed by atoms with van der Waals surface area (Å²) in [7, 11) is 4.98. The molecule has 0 unspecified atom stereocenters. The molecule has 3 rings (SSSR count). The summed E-state index contributed by atoms with van der Waals surface area (Å²) in [6.07, 6.45) is 3.24. The van der Waals surface area contributed by atoms with Crippen LogP contribution in [0.5, 0.6) is 5.88 Å². The molecule has 0 bridgehead atoms. The van der Waals surface area contributed by atoms with E-state index in [1.54, 1.807) is 33.5 Å². The van der Waals surface area contributed by atoms with E-state index in [0.717, 1.165) is 18.2 Å². The number of aromatic nitrogens is 2. The Morgan fingerprint density at radius 3 is 2.61 bits per heavy atom. The van der Waals surface area contributed by atoms with E-state index in [2.05, 4.69) is 22.9 Å². The first-order chi connectivity index (χ1) is 13.4. The van der Waals surface area contributed by atoms with Crippen molar-refractivity contribution in [2.24, 2.45) is 7.05 Å².